The normalized spacial score (nSPS) is 9.53. The first kappa shape index (κ1) is 11.7. The number of ether oxygens (including phenoxy) is 2. The van der Waals surface area contributed by atoms with E-state index in [4.69, 9.17) is 21.1 Å². The highest BCUT2D eigenvalue weighted by molar-refractivity contribution is 6.29. The van der Waals surface area contributed by atoms with Crippen LogP contribution in [0.3, 0.4) is 0 Å². The van der Waals surface area contributed by atoms with Gasteiger partial charge in [-0.15, -0.1) is 11.6 Å². The largest absolute Gasteiger partial charge is 0.493 e. The smallest absolute Gasteiger partial charge is 0.239 e. The zero-order chi connectivity index (χ0) is 11.3. The van der Waals surface area contributed by atoms with Gasteiger partial charge >= 0.3 is 0 Å². The molecule has 0 unspecified atom stereocenters. The fourth-order valence-corrected chi connectivity index (χ4v) is 1.24. The number of benzene rings is 1. The van der Waals surface area contributed by atoms with E-state index in [0.29, 0.717) is 17.2 Å². The van der Waals surface area contributed by atoms with Crippen molar-refractivity contribution in [2.45, 2.75) is 0 Å². The van der Waals surface area contributed by atoms with Gasteiger partial charge in [-0.05, 0) is 12.1 Å². The first-order chi connectivity index (χ1) is 7.22. The van der Waals surface area contributed by atoms with E-state index in [2.05, 4.69) is 5.32 Å². The van der Waals surface area contributed by atoms with Crippen LogP contribution in [0.2, 0.25) is 0 Å². The van der Waals surface area contributed by atoms with Crippen molar-refractivity contribution in [3.8, 4) is 11.5 Å². The van der Waals surface area contributed by atoms with Crippen LogP contribution in [0.25, 0.3) is 0 Å². The van der Waals surface area contributed by atoms with Gasteiger partial charge in [0.15, 0.2) is 11.5 Å². The number of carbonyl (C=O) groups excluding carboxylic acids is 1. The summed E-state index contributed by atoms with van der Waals surface area (Å²) in [5.74, 6) is 0.659. The highest BCUT2D eigenvalue weighted by Crippen LogP contribution is 2.34. The maximum atomic E-state index is 11.1. The molecule has 15 heavy (non-hydrogen) atoms. The molecule has 0 bridgehead atoms. The number of carbonyl (C=O) groups is 1. The Balaban J connectivity index is 3.00. The van der Waals surface area contributed by atoms with Crippen LogP contribution in [0.15, 0.2) is 18.2 Å². The summed E-state index contributed by atoms with van der Waals surface area (Å²) >= 11 is 5.39. The summed E-state index contributed by atoms with van der Waals surface area (Å²) in [7, 11) is 3.04. The Labute approximate surface area is 93.1 Å². The molecule has 1 rings (SSSR count). The standard InChI is InChI=1S/C10H12ClNO3/c1-14-8-5-3-4-7(10(8)15-2)12-9(13)6-11/h3-5H,6H2,1-2H3,(H,12,13). The molecule has 82 valence electrons. The van der Waals surface area contributed by atoms with Crippen molar-refractivity contribution in [3.63, 3.8) is 0 Å². The van der Waals surface area contributed by atoms with Gasteiger partial charge < -0.3 is 14.8 Å². The van der Waals surface area contributed by atoms with E-state index in [1.54, 1.807) is 18.2 Å². The number of hydrogen-bond donors (Lipinski definition) is 1. The fraction of sp³-hybridized carbons (Fsp3) is 0.300. The maximum absolute atomic E-state index is 11.1. The molecule has 0 radical (unpaired) electrons. The summed E-state index contributed by atoms with van der Waals surface area (Å²) in [5.41, 5.74) is 0.544. The zero-order valence-corrected chi connectivity index (χ0v) is 9.30. The maximum Gasteiger partial charge on any atom is 0.239 e. The second-order valence-corrected chi connectivity index (χ2v) is 2.99. The highest BCUT2D eigenvalue weighted by atomic mass is 35.5. The average molecular weight is 230 g/mol. The van der Waals surface area contributed by atoms with Gasteiger partial charge in [-0.3, -0.25) is 4.79 Å². The van der Waals surface area contributed by atoms with Gasteiger partial charge in [0.25, 0.3) is 0 Å². The molecule has 0 fully saturated rings. The Bertz CT molecular complexity index is 355. The predicted molar refractivity (Wildman–Crippen MR) is 58.9 cm³/mol. The predicted octanol–water partition coefficient (Wildman–Crippen LogP) is 1.88. The lowest BCUT2D eigenvalue weighted by Gasteiger charge is -2.12. The zero-order valence-electron chi connectivity index (χ0n) is 8.54. The molecule has 1 amide bonds. The highest BCUT2D eigenvalue weighted by Gasteiger charge is 2.10. The van der Waals surface area contributed by atoms with Gasteiger partial charge in [0, 0.05) is 0 Å². The first-order valence-electron chi connectivity index (χ1n) is 4.29. The van der Waals surface area contributed by atoms with Gasteiger partial charge in [-0.2, -0.15) is 0 Å². The van der Waals surface area contributed by atoms with Crippen molar-refractivity contribution in [1.82, 2.24) is 0 Å². The van der Waals surface area contributed by atoms with E-state index in [1.807, 2.05) is 0 Å². The monoisotopic (exact) mass is 229 g/mol. The van der Waals surface area contributed by atoms with Crippen LogP contribution in [0, 0.1) is 0 Å². The summed E-state index contributed by atoms with van der Waals surface area (Å²) in [5, 5.41) is 2.61. The fourth-order valence-electron chi connectivity index (χ4n) is 1.17. The van der Waals surface area contributed by atoms with E-state index in [9.17, 15) is 4.79 Å². The third-order valence-corrected chi connectivity index (χ3v) is 2.04. The number of nitrogens with one attached hydrogen (secondary N) is 1. The first-order valence-corrected chi connectivity index (χ1v) is 4.83. The lowest BCUT2D eigenvalue weighted by atomic mass is 10.2. The van der Waals surface area contributed by atoms with Crippen LogP contribution >= 0.6 is 11.6 Å². The van der Waals surface area contributed by atoms with Crippen LogP contribution in [0.5, 0.6) is 11.5 Å². The molecular weight excluding hydrogens is 218 g/mol. The van der Waals surface area contributed by atoms with Crippen LogP contribution < -0.4 is 14.8 Å². The molecule has 0 saturated carbocycles. The van der Waals surface area contributed by atoms with Crippen LogP contribution in [0.1, 0.15) is 0 Å². The molecule has 0 aliphatic carbocycles. The molecule has 5 heteroatoms. The molecule has 4 nitrogen and oxygen atoms in total. The molecule has 0 aliphatic heterocycles. The lowest BCUT2D eigenvalue weighted by Crippen LogP contribution is -2.13. The second-order valence-electron chi connectivity index (χ2n) is 2.72. The van der Waals surface area contributed by atoms with Crippen LogP contribution in [0.4, 0.5) is 5.69 Å². The Hall–Kier alpha value is -1.42. The van der Waals surface area contributed by atoms with E-state index in [0.717, 1.165) is 0 Å². The van der Waals surface area contributed by atoms with Gasteiger partial charge in [0.1, 0.15) is 5.88 Å². The molecule has 1 aromatic carbocycles. The van der Waals surface area contributed by atoms with E-state index in [1.165, 1.54) is 14.2 Å². The Morgan fingerprint density at radius 1 is 1.40 bits per heavy atom. The van der Waals surface area contributed by atoms with Gasteiger partial charge in [-0.1, -0.05) is 6.07 Å². The third-order valence-electron chi connectivity index (χ3n) is 1.80. The summed E-state index contributed by atoms with van der Waals surface area (Å²) in [6.07, 6.45) is 0. The number of para-hydroxylation sites is 1. The van der Waals surface area contributed by atoms with Crippen molar-refractivity contribution >= 4 is 23.2 Å². The number of anilines is 1. The summed E-state index contributed by atoms with van der Waals surface area (Å²) in [6, 6.07) is 5.21. The van der Waals surface area contributed by atoms with E-state index < -0.39 is 0 Å². The van der Waals surface area contributed by atoms with Crippen molar-refractivity contribution in [2.75, 3.05) is 25.4 Å². The Morgan fingerprint density at radius 2 is 2.13 bits per heavy atom. The van der Waals surface area contributed by atoms with Crippen molar-refractivity contribution < 1.29 is 14.3 Å². The number of hydrogen-bond acceptors (Lipinski definition) is 3. The molecule has 1 N–H and O–H groups in total. The molecule has 1 aromatic rings. The minimum absolute atomic E-state index is 0.0969. The van der Waals surface area contributed by atoms with E-state index >= 15 is 0 Å². The number of amides is 1. The average Bonchev–Trinajstić information content (AvgIpc) is 2.28. The summed E-state index contributed by atoms with van der Waals surface area (Å²) in [4.78, 5) is 11.1. The van der Waals surface area contributed by atoms with Gasteiger partial charge in [0.05, 0.1) is 19.9 Å². The summed E-state index contributed by atoms with van der Waals surface area (Å²) in [6.45, 7) is 0. The van der Waals surface area contributed by atoms with Crippen LogP contribution in [-0.4, -0.2) is 26.0 Å². The minimum atomic E-state index is -0.289. The van der Waals surface area contributed by atoms with Crippen molar-refractivity contribution in [2.24, 2.45) is 0 Å². The number of halogens is 1. The molecule has 0 aromatic heterocycles. The van der Waals surface area contributed by atoms with Crippen molar-refractivity contribution in [3.05, 3.63) is 18.2 Å². The topological polar surface area (TPSA) is 47.6 Å². The number of rotatable bonds is 4. The molecular formula is C10H12ClNO3. The molecule has 0 spiro atoms. The Kier molecular flexibility index (Phi) is 4.24. The minimum Gasteiger partial charge on any atom is -0.493 e. The lowest BCUT2D eigenvalue weighted by molar-refractivity contribution is -0.113. The third kappa shape index (κ3) is 2.76. The number of methoxy groups -OCH3 is 2. The quantitative estimate of drug-likeness (QED) is 0.802. The van der Waals surface area contributed by atoms with Gasteiger partial charge in [-0.25, -0.2) is 0 Å². The van der Waals surface area contributed by atoms with E-state index in [-0.39, 0.29) is 11.8 Å². The second kappa shape index (κ2) is 5.46. The molecule has 0 atom stereocenters. The molecule has 0 heterocycles. The Morgan fingerprint density at radius 3 is 2.67 bits per heavy atom. The molecule has 0 saturated heterocycles. The van der Waals surface area contributed by atoms with Crippen LogP contribution in [-0.2, 0) is 4.79 Å². The SMILES string of the molecule is COc1cccc(NC(=O)CCl)c1OC. The number of alkyl halides is 1. The summed E-state index contributed by atoms with van der Waals surface area (Å²) < 4.78 is 10.2. The molecule has 0 aliphatic rings. The van der Waals surface area contributed by atoms with Crippen molar-refractivity contribution in [1.29, 1.82) is 0 Å². The van der Waals surface area contributed by atoms with Gasteiger partial charge in [0.2, 0.25) is 5.91 Å².